The van der Waals surface area contributed by atoms with E-state index in [2.05, 4.69) is 10.6 Å². The van der Waals surface area contributed by atoms with Crippen molar-refractivity contribution in [1.29, 1.82) is 0 Å². The number of carboxylic acids is 1. The minimum atomic E-state index is -0.977. The summed E-state index contributed by atoms with van der Waals surface area (Å²) in [4.78, 5) is 22.5. The van der Waals surface area contributed by atoms with Crippen LogP contribution in [-0.4, -0.2) is 45.9 Å². The molecule has 0 spiro atoms. The van der Waals surface area contributed by atoms with Crippen molar-refractivity contribution in [3.63, 3.8) is 0 Å². The van der Waals surface area contributed by atoms with E-state index < -0.39 is 28.7 Å². The van der Waals surface area contributed by atoms with Gasteiger partial charge >= 0.3 is 12.0 Å². The van der Waals surface area contributed by atoms with E-state index in [-0.39, 0.29) is 18.5 Å². The lowest BCUT2D eigenvalue weighted by molar-refractivity contribution is -0.142. The van der Waals surface area contributed by atoms with Gasteiger partial charge in [-0.05, 0) is 19.3 Å². The number of hydrogen-bond donors (Lipinski definition) is 3. The topological polar surface area (TPSA) is 95.5 Å². The van der Waals surface area contributed by atoms with Crippen LogP contribution in [-0.2, 0) is 15.6 Å². The number of carboxylic acid groups (broad SMARTS) is 1. The van der Waals surface area contributed by atoms with Crippen LogP contribution >= 0.6 is 0 Å². The number of carbonyl (C=O) groups is 2. The Hall–Kier alpha value is -1.11. The smallest absolute Gasteiger partial charge is 0.315 e. The highest BCUT2D eigenvalue weighted by molar-refractivity contribution is 7.84. The Labute approximate surface area is 116 Å². The monoisotopic (exact) mass is 292 g/mol. The number of carbonyl (C=O) groups excluding carboxylic acids is 1. The van der Waals surface area contributed by atoms with Gasteiger partial charge < -0.3 is 15.7 Å². The second-order valence-electron chi connectivity index (χ2n) is 5.16. The molecule has 0 aromatic carbocycles. The Morgan fingerprint density at radius 3 is 2.26 bits per heavy atom. The van der Waals surface area contributed by atoms with Gasteiger partial charge in [-0.3, -0.25) is 9.00 Å². The maximum absolute atomic E-state index is 11.5. The zero-order valence-corrected chi connectivity index (χ0v) is 12.8. The van der Waals surface area contributed by atoms with Crippen LogP contribution in [0.1, 0.15) is 27.2 Å². The summed E-state index contributed by atoms with van der Waals surface area (Å²) in [7, 11) is -0.977. The molecule has 3 N–H and O–H groups in total. The molecule has 0 aromatic heterocycles. The van der Waals surface area contributed by atoms with E-state index in [0.29, 0.717) is 12.2 Å². The fourth-order valence-corrected chi connectivity index (χ4v) is 2.51. The van der Waals surface area contributed by atoms with Gasteiger partial charge in [-0.2, -0.15) is 0 Å². The van der Waals surface area contributed by atoms with Crippen molar-refractivity contribution in [3.8, 4) is 0 Å². The predicted molar refractivity (Wildman–Crippen MR) is 75.5 cm³/mol. The zero-order chi connectivity index (χ0) is 15.0. The number of amides is 2. The van der Waals surface area contributed by atoms with Crippen molar-refractivity contribution in [2.75, 3.05) is 18.6 Å². The van der Waals surface area contributed by atoms with E-state index in [1.807, 2.05) is 13.8 Å². The molecule has 0 radical (unpaired) electrons. The molecule has 0 saturated heterocycles. The number of rotatable bonds is 8. The predicted octanol–water partition coefficient (Wildman–Crippen LogP) is 0.799. The van der Waals surface area contributed by atoms with Gasteiger partial charge in [0.15, 0.2) is 0 Å². The molecule has 0 saturated carbocycles. The van der Waals surface area contributed by atoms with Crippen LogP contribution < -0.4 is 10.6 Å². The van der Waals surface area contributed by atoms with E-state index in [1.165, 1.54) is 0 Å². The van der Waals surface area contributed by atoms with Crippen LogP contribution in [0.15, 0.2) is 0 Å². The van der Waals surface area contributed by atoms with Crippen molar-refractivity contribution in [2.24, 2.45) is 11.8 Å². The molecular formula is C12H24N2O4S. The second-order valence-corrected chi connectivity index (χ2v) is 6.64. The molecule has 0 aliphatic rings. The number of hydrogen-bond acceptors (Lipinski definition) is 3. The lowest BCUT2D eigenvalue weighted by atomic mass is 9.97. The van der Waals surface area contributed by atoms with Crippen LogP contribution in [0.5, 0.6) is 0 Å². The zero-order valence-electron chi connectivity index (χ0n) is 11.9. The van der Waals surface area contributed by atoms with Crippen LogP contribution in [0.2, 0.25) is 0 Å². The first kappa shape index (κ1) is 17.9. The molecule has 0 heterocycles. The summed E-state index contributed by atoms with van der Waals surface area (Å²) in [6.07, 6.45) is 2.09. The van der Waals surface area contributed by atoms with Gasteiger partial charge in [-0.15, -0.1) is 0 Å². The molecule has 112 valence electrons. The largest absolute Gasteiger partial charge is 0.481 e. The highest BCUT2D eigenvalue weighted by Crippen LogP contribution is 2.10. The lowest BCUT2D eigenvalue weighted by Crippen LogP contribution is -2.45. The van der Waals surface area contributed by atoms with Gasteiger partial charge in [0.2, 0.25) is 0 Å². The molecular weight excluding hydrogens is 268 g/mol. The maximum Gasteiger partial charge on any atom is 0.315 e. The van der Waals surface area contributed by atoms with E-state index >= 15 is 0 Å². The standard InChI is InChI=1S/C12H24N2O4S/c1-8(2)5-10(11(15)16)6-13-12(17)14-9(3)7-19(4)18/h8-10H,5-7H2,1-4H3,(H,15,16)(H2,13,14,17). The van der Waals surface area contributed by atoms with E-state index in [4.69, 9.17) is 5.11 Å². The van der Waals surface area contributed by atoms with Gasteiger partial charge in [0.1, 0.15) is 0 Å². The van der Waals surface area contributed by atoms with Crippen molar-refractivity contribution in [1.82, 2.24) is 10.6 Å². The first-order chi connectivity index (χ1) is 8.72. The molecule has 0 aliphatic carbocycles. The summed E-state index contributed by atoms with van der Waals surface area (Å²) in [5, 5.41) is 14.2. The van der Waals surface area contributed by atoms with Crippen molar-refractivity contribution >= 4 is 22.8 Å². The minimum absolute atomic E-state index is 0.0985. The second kappa shape index (κ2) is 8.90. The average molecular weight is 292 g/mol. The molecule has 0 aliphatic heterocycles. The van der Waals surface area contributed by atoms with Crippen molar-refractivity contribution in [2.45, 2.75) is 33.2 Å². The lowest BCUT2D eigenvalue weighted by Gasteiger charge is -2.17. The summed E-state index contributed by atoms with van der Waals surface area (Å²) >= 11 is 0. The Balaban J connectivity index is 4.11. The quantitative estimate of drug-likeness (QED) is 0.616. The van der Waals surface area contributed by atoms with Crippen LogP contribution in [0.3, 0.4) is 0 Å². The molecule has 2 amide bonds. The molecule has 3 atom stereocenters. The number of urea groups is 1. The Bertz CT molecular complexity index is 334. The Morgan fingerprint density at radius 1 is 1.26 bits per heavy atom. The van der Waals surface area contributed by atoms with Gasteiger partial charge in [-0.1, -0.05) is 13.8 Å². The average Bonchev–Trinajstić information content (AvgIpc) is 2.21. The molecule has 6 nitrogen and oxygen atoms in total. The number of aliphatic carboxylic acids is 1. The van der Waals surface area contributed by atoms with Gasteiger partial charge in [-0.25, -0.2) is 4.79 Å². The SMILES string of the molecule is CC(C)CC(CNC(=O)NC(C)CS(C)=O)C(=O)O. The maximum atomic E-state index is 11.5. The first-order valence-electron chi connectivity index (χ1n) is 6.29. The summed E-state index contributed by atoms with van der Waals surface area (Å²) < 4.78 is 11.0. The van der Waals surface area contributed by atoms with Crippen LogP contribution in [0, 0.1) is 11.8 Å². The molecule has 0 rings (SSSR count). The molecule has 3 unspecified atom stereocenters. The Kier molecular flexibility index (Phi) is 8.38. The number of nitrogens with one attached hydrogen (secondary N) is 2. The molecule has 0 aromatic rings. The molecule has 0 fully saturated rings. The summed E-state index contributed by atoms with van der Waals surface area (Å²) in [6, 6.07) is -0.632. The third-order valence-electron chi connectivity index (χ3n) is 2.48. The molecule has 7 heteroatoms. The fraction of sp³-hybridized carbons (Fsp3) is 0.833. The summed E-state index contributed by atoms with van der Waals surface area (Å²) in [5.41, 5.74) is 0. The van der Waals surface area contributed by atoms with Crippen LogP contribution in [0.25, 0.3) is 0 Å². The van der Waals surface area contributed by atoms with Crippen molar-refractivity contribution in [3.05, 3.63) is 0 Å². The van der Waals surface area contributed by atoms with E-state index in [1.54, 1.807) is 13.2 Å². The van der Waals surface area contributed by atoms with Gasteiger partial charge in [0, 0.05) is 35.4 Å². The van der Waals surface area contributed by atoms with Gasteiger partial charge in [0.25, 0.3) is 0 Å². The minimum Gasteiger partial charge on any atom is -0.481 e. The van der Waals surface area contributed by atoms with Gasteiger partial charge in [0.05, 0.1) is 5.92 Å². The molecule has 19 heavy (non-hydrogen) atoms. The Morgan fingerprint density at radius 2 is 1.84 bits per heavy atom. The highest BCUT2D eigenvalue weighted by Gasteiger charge is 2.20. The molecule has 0 bridgehead atoms. The summed E-state index contributed by atoms with van der Waals surface area (Å²) in [6.45, 7) is 5.73. The van der Waals surface area contributed by atoms with E-state index in [0.717, 1.165) is 0 Å². The fourth-order valence-electron chi connectivity index (χ4n) is 1.72. The van der Waals surface area contributed by atoms with Crippen LogP contribution in [0.4, 0.5) is 4.79 Å². The third kappa shape index (κ3) is 9.47. The van der Waals surface area contributed by atoms with E-state index in [9.17, 15) is 13.8 Å². The summed E-state index contributed by atoms with van der Waals surface area (Å²) in [5.74, 6) is -0.854. The normalized spacial score (nSPS) is 15.6. The van der Waals surface area contributed by atoms with Crippen molar-refractivity contribution < 1.29 is 18.9 Å². The highest BCUT2D eigenvalue weighted by atomic mass is 32.2. The first-order valence-corrected chi connectivity index (χ1v) is 8.02. The third-order valence-corrected chi connectivity index (χ3v) is 3.45.